The van der Waals surface area contributed by atoms with Gasteiger partial charge in [0.2, 0.25) is 10.0 Å². The summed E-state index contributed by atoms with van der Waals surface area (Å²) >= 11 is 0. The first-order chi connectivity index (χ1) is 14.1. The van der Waals surface area contributed by atoms with Crippen LogP contribution in [-0.2, 0) is 14.8 Å². The number of carbonyl (C=O) groups excluding carboxylic acids is 1. The highest BCUT2D eigenvalue weighted by Gasteiger charge is 2.33. The summed E-state index contributed by atoms with van der Waals surface area (Å²) in [5.41, 5.74) is 4.50. The number of aryl methyl sites for hydroxylation is 3. The van der Waals surface area contributed by atoms with Gasteiger partial charge in [0.15, 0.2) is 6.61 Å². The summed E-state index contributed by atoms with van der Waals surface area (Å²) in [6, 6.07) is 9.58. The van der Waals surface area contributed by atoms with Gasteiger partial charge in [0.25, 0.3) is 5.91 Å². The van der Waals surface area contributed by atoms with E-state index >= 15 is 0 Å². The number of piperazine rings is 1. The number of nitrogens with zero attached hydrogens (tertiary/aromatic N) is 2. The lowest BCUT2D eigenvalue weighted by atomic mass is 10.0. The number of sulfonamides is 1. The van der Waals surface area contributed by atoms with E-state index in [4.69, 9.17) is 4.74 Å². The number of hydrogen-bond acceptors (Lipinski definition) is 4. The van der Waals surface area contributed by atoms with Crippen molar-refractivity contribution in [3.05, 3.63) is 58.1 Å². The van der Waals surface area contributed by atoms with Crippen molar-refractivity contribution in [3.63, 3.8) is 0 Å². The molecule has 0 aliphatic carbocycles. The minimum absolute atomic E-state index is 0.0487. The summed E-state index contributed by atoms with van der Waals surface area (Å²) < 4.78 is 33.9. The number of carbonyl (C=O) groups is 1. The molecule has 1 aliphatic heterocycles. The van der Waals surface area contributed by atoms with Gasteiger partial charge in [-0.3, -0.25) is 4.79 Å². The molecule has 0 aromatic heterocycles. The largest absolute Gasteiger partial charge is 0.484 e. The van der Waals surface area contributed by atoms with Crippen LogP contribution in [0.3, 0.4) is 0 Å². The Bertz CT molecular complexity index is 1030. The molecule has 1 aliphatic rings. The molecule has 0 unspecified atom stereocenters. The normalized spacial score (nSPS) is 15.3. The van der Waals surface area contributed by atoms with E-state index in [1.54, 1.807) is 4.90 Å². The van der Waals surface area contributed by atoms with Crippen LogP contribution in [0.2, 0.25) is 0 Å². The van der Waals surface area contributed by atoms with Crippen LogP contribution in [0.15, 0.2) is 35.2 Å². The van der Waals surface area contributed by atoms with Crippen LogP contribution < -0.4 is 4.74 Å². The first-order valence-corrected chi connectivity index (χ1v) is 11.6. The quantitative estimate of drug-likeness (QED) is 0.731. The van der Waals surface area contributed by atoms with E-state index in [2.05, 4.69) is 0 Å². The second kappa shape index (κ2) is 8.78. The minimum Gasteiger partial charge on any atom is -0.484 e. The Labute approximate surface area is 179 Å². The second-order valence-corrected chi connectivity index (χ2v) is 9.80. The number of para-hydroxylation sites is 1. The zero-order chi connectivity index (χ0) is 22.1. The summed E-state index contributed by atoms with van der Waals surface area (Å²) in [6.45, 7) is 10.8. The standard InChI is InChI=1S/C23H30N2O4S/c1-16-8-6-7-9-21(16)29-15-22(26)24-10-12-25(13-11-24)30(27,28)23-19(4)17(2)14-18(3)20(23)5/h6-9,14H,10-13,15H2,1-5H3. The molecule has 0 bridgehead atoms. The van der Waals surface area contributed by atoms with Gasteiger partial charge in [-0.1, -0.05) is 24.3 Å². The van der Waals surface area contributed by atoms with Gasteiger partial charge in [-0.15, -0.1) is 0 Å². The fourth-order valence-corrected chi connectivity index (χ4v) is 5.82. The highest BCUT2D eigenvalue weighted by Crippen LogP contribution is 2.29. The van der Waals surface area contributed by atoms with Crippen LogP contribution in [0.5, 0.6) is 5.75 Å². The highest BCUT2D eigenvalue weighted by atomic mass is 32.2. The lowest BCUT2D eigenvalue weighted by molar-refractivity contribution is -0.134. The molecule has 30 heavy (non-hydrogen) atoms. The van der Waals surface area contributed by atoms with E-state index < -0.39 is 10.0 Å². The SMILES string of the molecule is Cc1ccccc1OCC(=O)N1CCN(S(=O)(=O)c2c(C)c(C)cc(C)c2C)CC1. The van der Waals surface area contributed by atoms with Gasteiger partial charge in [-0.2, -0.15) is 4.31 Å². The Morgan fingerprint density at radius 1 is 0.900 bits per heavy atom. The summed E-state index contributed by atoms with van der Waals surface area (Å²) in [5, 5.41) is 0. The average molecular weight is 431 g/mol. The Kier molecular flexibility index (Phi) is 6.53. The Hall–Kier alpha value is -2.38. The van der Waals surface area contributed by atoms with Gasteiger partial charge in [-0.25, -0.2) is 8.42 Å². The van der Waals surface area contributed by atoms with Crippen LogP contribution in [0.25, 0.3) is 0 Å². The van der Waals surface area contributed by atoms with Gasteiger partial charge >= 0.3 is 0 Å². The van der Waals surface area contributed by atoms with E-state index in [0.717, 1.165) is 27.8 Å². The third kappa shape index (κ3) is 4.37. The molecule has 0 radical (unpaired) electrons. The Morgan fingerprint density at radius 3 is 2.03 bits per heavy atom. The third-order valence-electron chi connectivity index (χ3n) is 5.93. The van der Waals surface area contributed by atoms with Gasteiger partial charge < -0.3 is 9.64 Å². The van der Waals surface area contributed by atoms with Crippen molar-refractivity contribution in [1.29, 1.82) is 0 Å². The maximum absolute atomic E-state index is 13.4. The van der Waals surface area contributed by atoms with Crippen molar-refractivity contribution in [2.24, 2.45) is 0 Å². The summed E-state index contributed by atoms with van der Waals surface area (Å²) in [5.74, 6) is 0.557. The van der Waals surface area contributed by atoms with Crippen molar-refractivity contribution in [3.8, 4) is 5.75 Å². The van der Waals surface area contributed by atoms with Crippen molar-refractivity contribution < 1.29 is 17.9 Å². The summed E-state index contributed by atoms with van der Waals surface area (Å²) in [6.07, 6.45) is 0. The molecule has 0 saturated carbocycles. The molecule has 1 heterocycles. The zero-order valence-corrected chi connectivity index (χ0v) is 19.2. The molecular weight excluding hydrogens is 400 g/mol. The van der Waals surface area contributed by atoms with Gasteiger partial charge in [0.05, 0.1) is 4.90 Å². The minimum atomic E-state index is -3.61. The van der Waals surface area contributed by atoms with E-state index in [1.165, 1.54) is 4.31 Å². The van der Waals surface area contributed by atoms with Crippen LogP contribution in [0.1, 0.15) is 27.8 Å². The molecule has 1 saturated heterocycles. The van der Waals surface area contributed by atoms with Crippen molar-refractivity contribution in [1.82, 2.24) is 9.21 Å². The van der Waals surface area contributed by atoms with Crippen LogP contribution in [-0.4, -0.2) is 56.3 Å². The fraction of sp³-hybridized carbons (Fsp3) is 0.435. The maximum atomic E-state index is 13.4. The third-order valence-corrected chi connectivity index (χ3v) is 8.10. The lowest BCUT2D eigenvalue weighted by Crippen LogP contribution is -2.51. The molecule has 3 rings (SSSR count). The van der Waals surface area contributed by atoms with Gasteiger partial charge in [-0.05, 0) is 68.5 Å². The fourth-order valence-electron chi connectivity index (χ4n) is 3.82. The molecule has 0 atom stereocenters. The Balaban J connectivity index is 1.67. The molecule has 7 heteroatoms. The predicted octanol–water partition coefficient (Wildman–Crippen LogP) is 3.14. The number of amides is 1. The molecule has 1 fully saturated rings. The first kappa shape index (κ1) is 22.3. The smallest absolute Gasteiger partial charge is 0.260 e. The summed E-state index contributed by atoms with van der Waals surface area (Å²) in [4.78, 5) is 14.6. The van der Waals surface area contributed by atoms with Crippen LogP contribution in [0.4, 0.5) is 0 Å². The number of ether oxygens (including phenoxy) is 1. The van der Waals surface area contributed by atoms with Crippen LogP contribution >= 0.6 is 0 Å². The molecule has 0 spiro atoms. The highest BCUT2D eigenvalue weighted by molar-refractivity contribution is 7.89. The van der Waals surface area contributed by atoms with E-state index in [1.807, 2.05) is 65.0 Å². The molecule has 162 valence electrons. The van der Waals surface area contributed by atoms with Gasteiger partial charge in [0.1, 0.15) is 5.75 Å². The Morgan fingerprint density at radius 2 is 1.47 bits per heavy atom. The van der Waals surface area contributed by atoms with Crippen LogP contribution in [0, 0.1) is 34.6 Å². The molecule has 2 aromatic carbocycles. The van der Waals surface area contributed by atoms with Gasteiger partial charge in [0, 0.05) is 26.2 Å². The molecule has 2 aromatic rings. The van der Waals surface area contributed by atoms with Crippen molar-refractivity contribution in [2.45, 2.75) is 39.5 Å². The van der Waals surface area contributed by atoms with Crippen molar-refractivity contribution >= 4 is 15.9 Å². The molecular formula is C23H30N2O4S. The predicted molar refractivity (Wildman–Crippen MR) is 117 cm³/mol. The number of hydrogen-bond donors (Lipinski definition) is 0. The maximum Gasteiger partial charge on any atom is 0.260 e. The average Bonchev–Trinajstić information content (AvgIpc) is 2.71. The zero-order valence-electron chi connectivity index (χ0n) is 18.4. The van der Waals surface area contributed by atoms with Crippen molar-refractivity contribution in [2.75, 3.05) is 32.8 Å². The lowest BCUT2D eigenvalue weighted by Gasteiger charge is -2.34. The number of benzene rings is 2. The number of rotatable bonds is 5. The molecule has 1 amide bonds. The monoisotopic (exact) mass is 430 g/mol. The van der Waals surface area contributed by atoms with E-state index in [-0.39, 0.29) is 25.6 Å². The van der Waals surface area contributed by atoms with E-state index in [9.17, 15) is 13.2 Å². The second-order valence-electron chi connectivity index (χ2n) is 7.93. The van der Waals surface area contributed by atoms with E-state index in [0.29, 0.717) is 23.7 Å². The summed E-state index contributed by atoms with van der Waals surface area (Å²) in [7, 11) is -3.61. The topological polar surface area (TPSA) is 66.9 Å². The molecule has 6 nitrogen and oxygen atoms in total. The first-order valence-electron chi connectivity index (χ1n) is 10.2. The molecule has 0 N–H and O–H groups in total.